The van der Waals surface area contributed by atoms with Crippen LogP contribution < -0.4 is 15.5 Å². The maximum absolute atomic E-state index is 13.1. The number of H-pyrrole nitrogens is 1. The molecule has 30 heavy (non-hydrogen) atoms. The molecule has 0 aromatic carbocycles. The number of morpholine rings is 1. The van der Waals surface area contributed by atoms with Crippen LogP contribution in [0.1, 0.15) is 30.9 Å². The van der Waals surface area contributed by atoms with E-state index in [-0.39, 0.29) is 12.1 Å². The Morgan fingerprint density at radius 3 is 2.73 bits per heavy atom. The summed E-state index contributed by atoms with van der Waals surface area (Å²) in [6.07, 6.45) is 3.56. The van der Waals surface area contributed by atoms with Gasteiger partial charge in [0.15, 0.2) is 11.6 Å². The van der Waals surface area contributed by atoms with E-state index in [1.165, 1.54) is 0 Å². The van der Waals surface area contributed by atoms with E-state index < -0.39 is 5.82 Å². The molecule has 3 N–H and O–H groups in total. The molecule has 3 atom stereocenters. The topological polar surface area (TPSA) is 117 Å². The maximum Gasteiger partial charge on any atom is 0.232 e. The summed E-state index contributed by atoms with van der Waals surface area (Å²) in [6, 6.07) is 3.83. The highest BCUT2D eigenvalue weighted by Gasteiger charge is 2.40. The number of rotatable bonds is 6. The van der Waals surface area contributed by atoms with Gasteiger partial charge in [0, 0.05) is 24.4 Å². The van der Waals surface area contributed by atoms with Crippen molar-refractivity contribution in [1.82, 2.24) is 30.1 Å². The number of nitrogens with one attached hydrogen (secondary N) is 3. The van der Waals surface area contributed by atoms with Crippen molar-refractivity contribution in [2.45, 2.75) is 38.5 Å². The number of aromatic amines is 1. The third-order valence-corrected chi connectivity index (χ3v) is 5.25. The summed E-state index contributed by atoms with van der Waals surface area (Å²) in [5.41, 5.74) is 0.933. The predicted molar refractivity (Wildman–Crippen MR) is 108 cm³/mol. The van der Waals surface area contributed by atoms with E-state index in [1.807, 2.05) is 26.0 Å². The van der Waals surface area contributed by atoms with Gasteiger partial charge >= 0.3 is 0 Å². The van der Waals surface area contributed by atoms with Crippen LogP contribution in [0.3, 0.4) is 0 Å². The number of hydrogen-bond donors (Lipinski definition) is 3. The van der Waals surface area contributed by atoms with Crippen molar-refractivity contribution in [1.29, 1.82) is 0 Å². The minimum Gasteiger partial charge on any atom is -0.374 e. The smallest absolute Gasteiger partial charge is 0.232 e. The molecule has 2 unspecified atom stereocenters. The molecule has 11 heteroatoms. The Hall–Kier alpha value is -3.34. The van der Waals surface area contributed by atoms with Crippen molar-refractivity contribution in [3.63, 3.8) is 0 Å². The molecule has 2 saturated heterocycles. The molecule has 2 aliphatic rings. The molecule has 3 aromatic rings. The van der Waals surface area contributed by atoms with Gasteiger partial charge in [-0.1, -0.05) is 0 Å². The summed E-state index contributed by atoms with van der Waals surface area (Å²) in [5.74, 6) is 2.49. The summed E-state index contributed by atoms with van der Waals surface area (Å²) < 4.78 is 18.9. The average Bonchev–Trinajstić information content (AvgIpc) is 3.46. The first kappa shape index (κ1) is 18.7. The highest BCUT2D eigenvalue weighted by Crippen LogP contribution is 2.33. The minimum absolute atomic E-state index is 0.248. The molecule has 10 nitrogen and oxygen atoms in total. The second kappa shape index (κ2) is 7.48. The summed E-state index contributed by atoms with van der Waals surface area (Å²) >= 11 is 0. The molecule has 2 bridgehead atoms. The molecule has 0 radical (unpaired) electrons. The second-order valence-corrected chi connectivity index (χ2v) is 7.62. The molecule has 5 rings (SSSR count). The Labute approximate surface area is 172 Å². The number of anilines is 4. The van der Waals surface area contributed by atoms with Gasteiger partial charge in [-0.05, 0) is 20.3 Å². The summed E-state index contributed by atoms with van der Waals surface area (Å²) in [7, 11) is 0. The Bertz CT molecular complexity index is 1040. The maximum atomic E-state index is 13.1. The first-order chi connectivity index (χ1) is 14.5. The van der Waals surface area contributed by atoms with Gasteiger partial charge in [-0.25, -0.2) is 14.4 Å². The molecule has 0 spiro atoms. The van der Waals surface area contributed by atoms with Gasteiger partial charge in [0.25, 0.3) is 0 Å². The van der Waals surface area contributed by atoms with Crippen molar-refractivity contribution < 1.29 is 9.13 Å². The normalized spacial score (nSPS) is 21.1. The number of nitrogens with zero attached hydrogens (tertiary/aromatic N) is 6. The fourth-order valence-corrected chi connectivity index (χ4v) is 3.82. The Balaban J connectivity index is 1.43. The monoisotopic (exact) mass is 411 g/mol. The van der Waals surface area contributed by atoms with Crippen LogP contribution in [0.15, 0.2) is 24.5 Å². The van der Waals surface area contributed by atoms with Gasteiger partial charge in [0.2, 0.25) is 5.95 Å². The van der Waals surface area contributed by atoms with Crippen LogP contribution in [-0.2, 0) is 4.74 Å². The number of aromatic nitrogens is 6. The lowest BCUT2D eigenvalue weighted by atomic mass is 10.2. The lowest BCUT2D eigenvalue weighted by Gasteiger charge is -2.28. The van der Waals surface area contributed by atoms with Crippen molar-refractivity contribution in [3.8, 4) is 0 Å². The first-order valence-corrected chi connectivity index (χ1v) is 9.84. The lowest BCUT2D eigenvalue weighted by molar-refractivity contribution is 0.0989. The number of halogens is 1. The molecule has 5 heterocycles. The average molecular weight is 411 g/mol. The molecule has 3 aromatic heterocycles. The highest BCUT2D eigenvalue weighted by atomic mass is 19.1. The van der Waals surface area contributed by atoms with E-state index in [4.69, 9.17) is 9.72 Å². The molecule has 2 fully saturated rings. The second-order valence-electron chi connectivity index (χ2n) is 7.62. The lowest BCUT2D eigenvalue weighted by Crippen LogP contribution is -2.37. The van der Waals surface area contributed by atoms with E-state index in [2.05, 4.69) is 40.7 Å². The summed E-state index contributed by atoms with van der Waals surface area (Å²) in [4.78, 5) is 19.6. The largest absolute Gasteiger partial charge is 0.374 e. The fraction of sp³-hybridized carbons (Fsp3) is 0.421. The highest BCUT2D eigenvalue weighted by molar-refractivity contribution is 5.59. The van der Waals surface area contributed by atoms with Gasteiger partial charge < -0.3 is 20.3 Å². The Morgan fingerprint density at radius 2 is 2.07 bits per heavy atom. The van der Waals surface area contributed by atoms with E-state index in [9.17, 15) is 4.39 Å². The number of fused-ring (bicyclic) bond motifs is 2. The summed E-state index contributed by atoms with van der Waals surface area (Å²) in [6.45, 7) is 5.33. The third kappa shape index (κ3) is 3.75. The predicted octanol–water partition coefficient (Wildman–Crippen LogP) is 2.33. The van der Waals surface area contributed by atoms with E-state index in [1.54, 1.807) is 0 Å². The van der Waals surface area contributed by atoms with Gasteiger partial charge in [0.05, 0.1) is 37.2 Å². The van der Waals surface area contributed by atoms with Crippen molar-refractivity contribution >= 4 is 23.4 Å². The van der Waals surface area contributed by atoms with E-state index in [0.717, 1.165) is 36.9 Å². The molecule has 156 valence electrons. The first-order valence-electron chi connectivity index (χ1n) is 9.84. The van der Waals surface area contributed by atoms with Crippen LogP contribution in [0, 0.1) is 12.7 Å². The standard InChI is InChI=1S/C19H22FN9O/c1-10-3-16(28-27-10)25-19-24-15(23-11(2)18-21-6-12(20)7-22-18)5-17(26-19)29-8-14-4-13(29)9-30-14/h3,5-7,11,13-14H,4,8-9H2,1-2H3,(H3,23,24,25,26,27,28)/t11?,13?,14-/m0/s1. The molecular formula is C19H22FN9O. The quantitative estimate of drug-likeness (QED) is 0.562. The molecule has 0 amide bonds. The zero-order valence-electron chi connectivity index (χ0n) is 16.6. The van der Waals surface area contributed by atoms with Crippen molar-refractivity contribution in [2.24, 2.45) is 0 Å². The fourth-order valence-electron chi connectivity index (χ4n) is 3.82. The van der Waals surface area contributed by atoms with Gasteiger partial charge in [-0.3, -0.25) is 5.10 Å². The van der Waals surface area contributed by atoms with Gasteiger partial charge in [-0.2, -0.15) is 15.1 Å². The van der Waals surface area contributed by atoms with Crippen molar-refractivity contribution in [2.75, 3.05) is 28.7 Å². The van der Waals surface area contributed by atoms with Crippen LogP contribution in [0.25, 0.3) is 0 Å². The van der Waals surface area contributed by atoms with Crippen LogP contribution in [-0.4, -0.2) is 55.4 Å². The van der Waals surface area contributed by atoms with E-state index >= 15 is 0 Å². The van der Waals surface area contributed by atoms with Gasteiger partial charge in [0.1, 0.15) is 17.5 Å². The number of ether oxygens (including phenoxy) is 1. The molecule has 0 saturated carbocycles. The number of hydrogen-bond acceptors (Lipinski definition) is 9. The van der Waals surface area contributed by atoms with Crippen LogP contribution >= 0.6 is 0 Å². The Kier molecular flexibility index (Phi) is 4.66. The molecule has 0 aliphatic carbocycles. The third-order valence-electron chi connectivity index (χ3n) is 5.25. The summed E-state index contributed by atoms with van der Waals surface area (Å²) in [5, 5.41) is 13.5. The van der Waals surface area contributed by atoms with Gasteiger partial charge in [-0.15, -0.1) is 0 Å². The minimum atomic E-state index is -0.470. The zero-order valence-corrected chi connectivity index (χ0v) is 16.6. The van der Waals surface area contributed by atoms with Crippen LogP contribution in [0.5, 0.6) is 0 Å². The van der Waals surface area contributed by atoms with Crippen LogP contribution in [0.2, 0.25) is 0 Å². The van der Waals surface area contributed by atoms with E-state index in [0.29, 0.717) is 36.1 Å². The zero-order chi connectivity index (χ0) is 20.7. The molecule has 2 aliphatic heterocycles. The number of aryl methyl sites for hydroxylation is 1. The van der Waals surface area contributed by atoms with Crippen molar-refractivity contribution in [3.05, 3.63) is 41.9 Å². The van der Waals surface area contributed by atoms with Crippen LogP contribution in [0.4, 0.5) is 27.8 Å². The Morgan fingerprint density at radius 1 is 1.23 bits per heavy atom. The molecular weight excluding hydrogens is 389 g/mol. The SMILES string of the molecule is Cc1cc(Nc2nc(NC(C)c3ncc(F)cn3)cc(N3C[C@@H]4CC3CO4)n2)n[nH]1.